The number of carbonyl (C=O) groups excluding carboxylic acids is 2. The van der Waals surface area contributed by atoms with Crippen molar-refractivity contribution in [3.05, 3.63) is 65.1 Å². The van der Waals surface area contributed by atoms with Crippen molar-refractivity contribution in [1.82, 2.24) is 20.4 Å². The summed E-state index contributed by atoms with van der Waals surface area (Å²) in [6.07, 6.45) is 1.40. The fourth-order valence-corrected chi connectivity index (χ4v) is 2.26. The van der Waals surface area contributed by atoms with Gasteiger partial charge < -0.3 is 15.5 Å². The van der Waals surface area contributed by atoms with Crippen LogP contribution in [0, 0.1) is 0 Å². The van der Waals surface area contributed by atoms with Crippen LogP contribution in [0.25, 0.3) is 0 Å². The van der Waals surface area contributed by atoms with E-state index in [9.17, 15) is 9.59 Å². The van der Waals surface area contributed by atoms with Gasteiger partial charge in [0.1, 0.15) is 5.70 Å². The Hall–Kier alpha value is -2.93. The summed E-state index contributed by atoms with van der Waals surface area (Å²) in [5, 5.41) is 13.4. The molecule has 0 bridgehead atoms. The Morgan fingerprint density at radius 2 is 1.77 bits per heavy atom. The molecule has 2 N–H and O–H groups in total. The van der Waals surface area contributed by atoms with Crippen LogP contribution in [0.1, 0.15) is 24.2 Å². The summed E-state index contributed by atoms with van der Waals surface area (Å²) in [6, 6.07) is 11.9. The summed E-state index contributed by atoms with van der Waals surface area (Å²) in [5.41, 5.74) is 0.566. The van der Waals surface area contributed by atoms with E-state index in [1.165, 1.54) is 6.20 Å². The highest BCUT2D eigenvalue weighted by Crippen LogP contribution is 2.08. The molecule has 0 aliphatic carbocycles. The number of carbonyl (C=O) groups is 2. The van der Waals surface area contributed by atoms with Gasteiger partial charge in [0.25, 0.3) is 11.8 Å². The molecule has 0 fully saturated rings. The largest absolute Gasteiger partial charge is 0.343 e. The zero-order valence-corrected chi connectivity index (χ0v) is 15.3. The lowest BCUT2D eigenvalue weighted by molar-refractivity contribution is -0.127. The lowest BCUT2D eigenvalue weighted by atomic mass is 10.2. The molecule has 2 rings (SSSR count). The first-order chi connectivity index (χ1) is 12.5. The fraction of sp³-hybridized carbons (Fsp3) is 0.222. The number of likely N-dealkylation sites (N-methyl/N-ethyl adjacent to an activating group) is 1. The number of nitrogens with one attached hydrogen (secondary N) is 2. The van der Waals surface area contributed by atoms with E-state index in [1.807, 2.05) is 19.9 Å². The zero-order valence-electron chi connectivity index (χ0n) is 14.6. The standard InChI is InChI=1S/C18H20ClN5O2/c1-3-24(4-2)18(26)14(12-20-16-11-10-15(19)22-23-16)21-17(25)13-8-6-5-7-9-13/h5-12H,3-4H2,1-2H3,(H,20,23)(H,21,25)/b14-12-. The normalized spacial score (nSPS) is 11.0. The third kappa shape index (κ3) is 5.29. The van der Waals surface area contributed by atoms with Gasteiger partial charge in [0.15, 0.2) is 11.0 Å². The number of benzene rings is 1. The van der Waals surface area contributed by atoms with E-state index in [-0.39, 0.29) is 22.7 Å². The number of amides is 2. The quantitative estimate of drug-likeness (QED) is 0.728. The van der Waals surface area contributed by atoms with Crippen molar-refractivity contribution < 1.29 is 9.59 Å². The van der Waals surface area contributed by atoms with Gasteiger partial charge in [-0.3, -0.25) is 9.59 Å². The van der Waals surface area contributed by atoms with Crippen molar-refractivity contribution in [3.8, 4) is 0 Å². The summed E-state index contributed by atoms with van der Waals surface area (Å²) >= 11 is 5.71. The van der Waals surface area contributed by atoms with Crippen molar-refractivity contribution in [1.29, 1.82) is 0 Å². The van der Waals surface area contributed by atoms with Crippen molar-refractivity contribution in [2.45, 2.75) is 13.8 Å². The van der Waals surface area contributed by atoms with Crippen LogP contribution in [-0.4, -0.2) is 40.0 Å². The van der Waals surface area contributed by atoms with Gasteiger partial charge in [-0.2, -0.15) is 0 Å². The molecule has 2 amide bonds. The molecular weight excluding hydrogens is 354 g/mol. The molecule has 0 saturated carbocycles. The van der Waals surface area contributed by atoms with Crippen LogP contribution in [0.3, 0.4) is 0 Å². The first-order valence-corrected chi connectivity index (χ1v) is 8.54. The fourth-order valence-electron chi connectivity index (χ4n) is 2.16. The van der Waals surface area contributed by atoms with E-state index in [1.54, 1.807) is 41.3 Å². The molecule has 0 aliphatic rings. The summed E-state index contributed by atoms with van der Waals surface area (Å²) in [4.78, 5) is 26.7. The number of halogens is 1. The molecule has 1 aromatic heterocycles. The van der Waals surface area contributed by atoms with Gasteiger partial charge in [-0.25, -0.2) is 0 Å². The average molecular weight is 374 g/mol. The lowest BCUT2D eigenvalue weighted by Crippen LogP contribution is -2.38. The Kier molecular flexibility index (Phi) is 7.11. The zero-order chi connectivity index (χ0) is 18.9. The van der Waals surface area contributed by atoms with Crippen LogP contribution in [0.2, 0.25) is 5.15 Å². The number of anilines is 1. The molecule has 2 aromatic rings. The first kappa shape index (κ1) is 19.4. The second-order valence-corrected chi connectivity index (χ2v) is 5.63. The van der Waals surface area contributed by atoms with Crippen LogP contribution in [-0.2, 0) is 4.79 Å². The molecule has 1 aromatic carbocycles. The topological polar surface area (TPSA) is 87.2 Å². The van der Waals surface area contributed by atoms with Gasteiger partial charge in [-0.15, -0.1) is 10.2 Å². The minimum Gasteiger partial charge on any atom is -0.343 e. The second-order valence-electron chi connectivity index (χ2n) is 5.24. The monoisotopic (exact) mass is 373 g/mol. The molecular formula is C18H20ClN5O2. The Morgan fingerprint density at radius 3 is 2.35 bits per heavy atom. The van der Waals surface area contributed by atoms with Gasteiger partial charge in [0, 0.05) is 24.9 Å². The first-order valence-electron chi connectivity index (χ1n) is 8.16. The Labute approximate surface area is 157 Å². The maximum atomic E-state index is 12.7. The van der Waals surface area contributed by atoms with E-state index < -0.39 is 0 Å². The maximum absolute atomic E-state index is 12.7. The predicted molar refractivity (Wildman–Crippen MR) is 101 cm³/mol. The Bertz CT molecular complexity index is 774. The highest BCUT2D eigenvalue weighted by Gasteiger charge is 2.18. The van der Waals surface area contributed by atoms with Crippen LogP contribution in [0.5, 0.6) is 0 Å². The average Bonchev–Trinajstić information content (AvgIpc) is 2.67. The van der Waals surface area contributed by atoms with Crippen molar-refractivity contribution >= 4 is 29.2 Å². The third-order valence-corrected chi connectivity index (χ3v) is 3.76. The van der Waals surface area contributed by atoms with Crippen LogP contribution < -0.4 is 10.6 Å². The molecule has 26 heavy (non-hydrogen) atoms. The molecule has 7 nitrogen and oxygen atoms in total. The summed E-state index contributed by atoms with van der Waals surface area (Å²) in [7, 11) is 0. The smallest absolute Gasteiger partial charge is 0.271 e. The van der Waals surface area contributed by atoms with Gasteiger partial charge in [-0.1, -0.05) is 29.8 Å². The van der Waals surface area contributed by atoms with Gasteiger partial charge in [-0.05, 0) is 38.1 Å². The highest BCUT2D eigenvalue weighted by molar-refractivity contribution is 6.29. The molecule has 136 valence electrons. The Morgan fingerprint density at radius 1 is 1.08 bits per heavy atom. The number of hydrogen-bond acceptors (Lipinski definition) is 5. The van der Waals surface area contributed by atoms with Gasteiger partial charge in [0.05, 0.1) is 0 Å². The molecule has 0 unspecified atom stereocenters. The molecule has 0 saturated heterocycles. The van der Waals surface area contributed by atoms with Crippen LogP contribution >= 0.6 is 11.6 Å². The van der Waals surface area contributed by atoms with E-state index in [4.69, 9.17) is 11.6 Å². The number of nitrogens with zero attached hydrogens (tertiary/aromatic N) is 3. The molecule has 8 heteroatoms. The lowest BCUT2D eigenvalue weighted by Gasteiger charge is -2.21. The molecule has 0 radical (unpaired) electrons. The second kappa shape index (κ2) is 9.53. The minimum atomic E-state index is -0.374. The molecule has 0 aliphatic heterocycles. The molecule has 0 spiro atoms. The maximum Gasteiger partial charge on any atom is 0.271 e. The minimum absolute atomic E-state index is 0.110. The number of aromatic nitrogens is 2. The Balaban J connectivity index is 2.23. The highest BCUT2D eigenvalue weighted by atomic mass is 35.5. The third-order valence-electron chi connectivity index (χ3n) is 3.56. The van der Waals surface area contributed by atoms with Crippen molar-refractivity contribution in [3.63, 3.8) is 0 Å². The number of hydrogen-bond donors (Lipinski definition) is 2. The van der Waals surface area contributed by atoms with Crippen LogP contribution in [0.15, 0.2) is 54.4 Å². The summed E-state index contributed by atoms with van der Waals surface area (Å²) in [6.45, 7) is 4.79. The SMILES string of the molecule is CCN(CC)C(=O)/C(=C/Nc1ccc(Cl)nn1)NC(=O)c1ccccc1. The van der Waals surface area contributed by atoms with E-state index in [2.05, 4.69) is 20.8 Å². The summed E-state index contributed by atoms with van der Waals surface area (Å²) < 4.78 is 0. The molecule has 0 atom stereocenters. The molecule has 1 heterocycles. The number of rotatable bonds is 7. The van der Waals surface area contributed by atoms with Crippen LogP contribution in [0.4, 0.5) is 5.82 Å². The van der Waals surface area contributed by atoms with E-state index in [0.717, 1.165) is 0 Å². The van der Waals surface area contributed by atoms with E-state index >= 15 is 0 Å². The summed E-state index contributed by atoms with van der Waals surface area (Å²) in [5.74, 6) is -0.275. The van der Waals surface area contributed by atoms with E-state index in [0.29, 0.717) is 24.5 Å². The van der Waals surface area contributed by atoms with Crippen molar-refractivity contribution in [2.24, 2.45) is 0 Å². The van der Waals surface area contributed by atoms with Gasteiger partial charge in [0.2, 0.25) is 0 Å². The van der Waals surface area contributed by atoms with Gasteiger partial charge >= 0.3 is 0 Å². The predicted octanol–water partition coefficient (Wildman–Crippen LogP) is 2.68. The van der Waals surface area contributed by atoms with Crippen molar-refractivity contribution in [2.75, 3.05) is 18.4 Å².